The van der Waals surface area contributed by atoms with E-state index in [0.29, 0.717) is 0 Å². The fraction of sp³-hybridized carbons (Fsp3) is 0.600. The molecule has 0 bridgehead atoms. The molecule has 0 aliphatic carbocycles. The molecule has 0 fully saturated rings. The molecule has 1 rings (SSSR count). The Balaban J connectivity index is 2.49. The minimum Gasteiger partial charge on any atom is -0.367 e. The van der Waals surface area contributed by atoms with Crippen molar-refractivity contribution in [3.63, 3.8) is 0 Å². The number of likely N-dealkylation sites (N-methyl/N-ethyl adjacent to an activating group) is 1. The fourth-order valence-corrected chi connectivity index (χ4v) is 0.855. The van der Waals surface area contributed by atoms with Crippen molar-refractivity contribution in [2.24, 2.45) is 0 Å². The van der Waals surface area contributed by atoms with Crippen LogP contribution in [-0.2, 0) is 0 Å². The van der Waals surface area contributed by atoms with E-state index in [1.54, 1.807) is 18.6 Å². The van der Waals surface area contributed by atoms with Crippen LogP contribution in [0.2, 0.25) is 0 Å². The van der Waals surface area contributed by atoms with Crippen LogP contribution in [0.1, 0.15) is 13.8 Å². The van der Waals surface area contributed by atoms with E-state index < -0.39 is 0 Å². The second kappa shape index (κ2) is 4.37. The smallest absolute Gasteiger partial charge is 0.144 e. The summed E-state index contributed by atoms with van der Waals surface area (Å²) >= 11 is 0. The molecule has 0 unspecified atom stereocenters. The van der Waals surface area contributed by atoms with Gasteiger partial charge in [0.25, 0.3) is 0 Å². The molecule has 4 heteroatoms. The molecule has 78 valence electrons. The summed E-state index contributed by atoms with van der Waals surface area (Å²) in [6.07, 6.45) is 5.08. The lowest BCUT2D eigenvalue weighted by molar-refractivity contribution is 0.210. The Hall–Kier alpha value is -1.16. The first-order valence-electron chi connectivity index (χ1n) is 4.70. The van der Waals surface area contributed by atoms with Crippen molar-refractivity contribution >= 4 is 5.82 Å². The maximum Gasteiger partial charge on any atom is 0.144 e. The van der Waals surface area contributed by atoms with Crippen molar-refractivity contribution in [2.45, 2.75) is 19.4 Å². The summed E-state index contributed by atoms with van der Waals surface area (Å²) in [4.78, 5) is 10.3. The van der Waals surface area contributed by atoms with Gasteiger partial charge in [-0.25, -0.2) is 4.98 Å². The Labute approximate surface area is 85.4 Å². The van der Waals surface area contributed by atoms with Gasteiger partial charge >= 0.3 is 0 Å². The maximum absolute atomic E-state index is 4.15. The fourth-order valence-electron chi connectivity index (χ4n) is 0.855. The third-order valence-corrected chi connectivity index (χ3v) is 2.48. The van der Waals surface area contributed by atoms with Crippen molar-refractivity contribution in [2.75, 3.05) is 26.0 Å². The van der Waals surface area contributed by atoms with E-state index in [2.05, 4.69) is 48.1 Å². The van der Waals surface area contributed by atoms with E-state index in [0.717, 1.165) is 12.4 Å². The third kappa shape index (κ3) is 2.96. The number of nitrogens with zero attached hydrogens (tertiary/aromatic N) is 3. The SMILES string of the molecule is CN(C)C(C)(C)CNc1cnccn1. The van der Waals surface area contributed by atoms with Gasteiger partial charge in [0.2, 0.25) is 0 Å². The van der Waals surface area contributed by atoms with Crippen LogP contribution in [0, 0.1) is 0 Å². The lowest BCUT2D eigenvalue weighted by Crippen LogP contribution is -2.44. The Kier molecular flexibility index (Phi) is 3.41. The first-order chi connectivity index (χ1) is 6.52. The quantitative estimate of drug-likeness (QED) is 0.782. The van der Waals surface area contributed by atoms with E-state index in [1.807, 2.05) is 0 Å². The summed E-state index contributed by atoms with van der Waals surface area (Å²) in [6.45, 7) is 5.20. The topological polar surface area (TPSA) is 41.0 Å². The Morgan fingerprint density at radius 3 is 2.57 bits per heavy atom. The summed E-state index contributed by atoms with van der Waals surface area (Å²) in [5, 5.41) is 3.25. The number of nitrogens with one attached hydrogen (secondary N) is 1. The molecule has 0 aromatic carbocycles. The molecule has 1 aromatic heterocycles. The molecule has 0 saturated carbocycles. The van der Waals surface area contributed by atoms with E-state index in [-0.39, 0.29) is 5.54 Å². The molecular weight excluding hydrogens is 176 g/mol. The van der Waals surface area contributed by atoms with E-state index in [9.17, 15) is 0 Å². The van der Waals surface area contributed by atoms with Crippen LogP contribution in [0.25, 0.3) is 0 Å². The van der Waals surface area contributed by atoms with Gasteiger partial charge in [-0.3, -0.25) is 4.98 Å². The molecule has 1 N–H and O–H groups in total. The second-order valence-electron chi connectivity index (χ2n) is 4.15. The van der Waals surface area contributed by atoms with Crippen molar-refractivity contribution in [3.8, 4) is 0 Å². The van der Waals surface area contributed by atoms with Gasteiger partial charge in [0.15, 0.2) is 0 Å². The van der Waals surface area contributed by atoms with Gasteiger partial charge in [0, 0.05) is 24.5 Å². The molecule has 1 heterocycles. The average molecular weight is 194 g/mol. The summed E-state index contributed by atoms with van der Waals surface area (Å²) in [7, 11) is 4.14. The van der Waals surface area contributed by atoms with Crippen LogP contribution in [0.15, 0.2) is 18.6 Å². The third-order valence-electron chi connectivity index (χ3n) is 2.48. The first-order valence-corrected chi connectivity index (χ1v) is 4.70. The number of hydrogen-bond acceptors (Lipinski definition) is 4. The Morgan fingerprint density at radius 2 is 2.07 bits per heavy atom. The number of anilines is 1. The van der Waals surface area contributed by atoms with Crippen LogP contribution >= 0.6 is 0 Å². The van der Waals surface area contributed by atoms with Crippen LogP contribution in [0.5, 0.6) is 0 Å². The minimum absolute atomic E-state index is 0.109. The van der Waals surface area contributed by atoms with Gasteiger partial charge in [-0.1, -0.05) is 0 Å². The Bertz CT molecular complexity index is 269. The highest BCUT2D eigenvalue weighted by atomic mass is 15.2. The molecule has 0 atom stereocenters. The number of rotatable bonds is 4. The van der Waals surface area contributed by atoms with Crippen LogP contribution in [0.4, 0.5) is 5.82 Å². The van der Waals surface area contributed by atoms with Gasteiger partial charge in [-0.05, 0) is 27.9 Å². The zero-order valence-corrected chi connectivity index (χ0v) is 9.28. The van der Waals surface area contributed by atoms with Crippen LogP contribution in [-0.4, -0.2) is 41.0 Å². The molecule has 0 saturated heterocycles. The van der Waals surface area contributed by atoms with Crippen LogP contribution in [0.3, 0.4) is 0 Å². The highest BCUT2D eigenvalue weighted by Gasteiger charge is 2.19. The van der Waals surface area contributed by atoms with Gasteiger partial charge in [0.1, 0.15) is 5.82 Å². The lowest BCUT2D eigenvalue weighted by atomic mass is 10.0. The average Bonchev–Trinajstić information content (AvgIpc) is 2.16. The van der Waals surface area contributed by atoms with E-state index in [1.165, 1.54) is 0 Å². The largest absolute Gasteiger partial charge is 0.367 e. The van der Waals surface area contributed by atoms with Crippen molar-refractivity contribution in [1.82, 2.24) is 14.9 Å². The maximum atomic E-state index is 4.15. The minimum atomic E-state index is 0.109. The van der Waals surface area contributed by atoms with Gasteiger partial charge in [0.05, 0.1) is 6.20 Å². The van der Waals surface area contributed by atoms with Crippen LogP contribution < -0.4 is 5.32 Å². The first kappa shape index (κ1) is 10.9. The molecule has 0 aliphatic heterocycles. The standard InChI is InChI=1S/C10H18N4/c1-10(2,14(3)4)8-13-9-7-11-5-6-12-9/h5-7H,8H2,1-4H3,(H,12,13). The van der Waals surface area contributed by atoms with E-state index in [4.69, 9.17) is 0 Å². The number of hydrogen-bond donors (Lipinski definition) is 1. The highest BCUT2D eigenvalue weighted by Crippen LogP contribution is 2.10. The molecule has 0 spiro atoms. The molecule has 1 aromatic rings. The lowest BCUT2D eigenvalue weighted by Gasteiger charge is -2.32. The summed E-state index contributed by atoms with van der Waals surface area (Å²) in [5.74, 6) is 0.822. The zero-order chi connectivity index (χ0) is 10.6. The van der Waals surface area contributed by atoms with Crippen molar-refractivity contribution in [3.05, 3.63) is 18.6 Å². The van der Waals surface area contributed by atoms with Crippen molar-refractivity contribution < 1.29 is 0 Å². The summed E-state index contributed by atoms with van der Waals surface area (Å²) in [5.41, 5.74) is 0.109. The molecule has 0 amide bonds. The highest BCUT2D eigenvalue weighted by molar-refractivity contribution is 5.30. The van der Waals surface area contributed by atoms with Crippen molar-refractivity contribution in [1.29, 1.82) is 0 Å². The molecule has 4 nitrogen and oxygen atoms in total. The van der Waals surface area contributed by atoms with Gasteiger partial charge in [-0.15, -0.1) is 0 Å². The summed E-state index contributed by atoms with van der Waals surface area (Å²) in [6, 6.07) is 0. The Morgan fingerprint density at radius 1 is 1.36 bits per heavy atom. The predicted molar refractivity (Wildman–Crippen MR) is 58.3 cm³/mol. The normalized spacial score (nSPS) is 11.8. The summed E-state index contributed by atoms with van der Waals surface area (Å²) < 4.78 is 0. The molecule has 0 radical (unpaired) electrons. The second-order valence-corrected chi connectivity index (χ2v) is 4.15. The molecule has 14 heavy (non-hydrogen) atoms. The number of aromatic nitrogens is 2. The van der Waals surface area contributed by atoms with E-state index >= 15 is 0 Å². The molecule has 0 aliphatic rings. The zero-order valence-electron chi connectivity index (χ0n) is 9.28. The monoisotopic (exact) mass is 194 g/mol. The predicted octanol–water partition coefficient (Wildman–Crippen LogP) is 1.23. The van der Waals surface area contributed by atoms with Gasteiger partial charge < -0.3 is 10.2 Å². The molecular formula is C10H18N4. The van der Waals surface area contributed by atoms with Gasteiger partial charge in [-0.2, -0.15) is 0 Å².